The van der Waals surface area contributed by atoms with Crippen molar-refractivity contribution in [3.63, 3.8) is 0 Å². The van der Waals surface area contributed by atoms with E-state index in [1.807, 2.05) is 12.1 Å². The van der Waals surface area contributed by atoms with Crippen molar-refractivity contribution >= 4 is 18.3 Å². The molecule has 2 bridgehead atoms. The quantitative estimate of drug-likeness (QED) is 0.856. The van der Waals surface area contributed by atoms with Crippen LogP contribution in [0.3, 0.4) is 0 Å². The van der Waals surface area contributed by atoms with E-state index in [2.05, 4.69) is 17.4 Å². The van der Waals surface area contributed by atoms with Gasteiger partial charge in [-0.05, 0) is 61.6 Å². The first-order valence-electron chi connectivity index (χ1n) is 8.83. The Hall–Kier alpha value is -1.26. The number of benzene rings is 1. The molecule has 2 fully saturated rings. The van der Waals surface area contributed by atoms with Gasteiger partial charge in [0.25, 0.3) is 0 Å². The number of amides is 1. The maximum absolute atomic E-state index is 12.5. The summed E-state index contributed by atoms with van der Waals surface area (Å²) in [5.74, 6) is 2.37. The highest BCUT2D eigenvalue weighted by atomic mass is 35.5. The lowest BCUT2D eigenvalue weighted by molar-refractivity contribution is -0.127. The summed E-state index contributed by atoms with van der Waals surface area (Å²) in [6.07, 6.45) is 6.50. The number of hydrogen-bond donors (Lipinski definition) is 2. The number of fused-ring (bicyclic) bond motifs is 2. The molecule has 0 spiro atoms. The third-order valence-electron chi connectivity index (χ3n) is 5.66. The van der Waals surface area contributed by atoms with Gasteiger partial charge in [0, 0.05) is 18.5 Å². The standard InChI is InChI=1S/C19H28N2O2.ClH/c1-23-17-7-5-13(6-8-17)9-10-21-19(22)16-11-14-3-2-4-15(12-16)18(14)20;/h5-8,14-16,18H,2-4,9-12,20H2,1H3,(H,21,22);1H. The number of halogens is 1. The zero-order valence-corrected chi connectivity index (χ0v) is 15.2. The van der Waals surface area contributed by atoms with Crippen LogP contribution >= 0.6 is 12.4 Å². The van der Waals surface area contributed by atoms with Gasteiger partial charge in [-0.1, -0.05) is 18.6 Å². The number of hydrogen-bond acceptors (Lipinski definition) is 3. The molecule has 0 heterocycles. The Morgan fingerprint density at radius 1 is 1.21 bits per heavy atom. The zero-order valence-electron chi connectivity index (χ0n) is 14.4. The van der Waals surface area contributed by atoms with Crippen LogP contribution in [0.1, 0.15) is 37.7 Å². The van der Waals surface area contributed by atoms with Crippen LogP contribution in [0.25, 0.3) is 0 Å². The molecule has 2 saturated carbocycles. The number of methoxy groups -OCH3 is 1. The Balaban J connectivity index is 0.00000208. The summed E-state index contributed by atoms with van der Waals surface area (Å²) in [5, 5.41) is 3.12. The normalized spacial score (nSPS) is 28.6. The molecule has 4 nitrogen and oxygen atoms in total. The smallest absolute Gasteiger partial charge is 0.223 e. The SMILES string of the molecule is COc1ccc(CCNC(=O)C2CC3CCCC(C2)C3N)cc1.Cl. The van der Waals surface area contributed by atoms with E-state index >= 15 is 0 Å². The Morgan fingerprint density at radius 2 is 1.83 bits per heavy atom. The Morgan fingerprint density at radius 3 is 2.42 bits per heavy atom. The molecule has 2 aliphatic carbocycles. The lowest BCUT2D eigenvalue weighted by atomic mass is 9.65. The molecule has 0 aliphatic heterocycles. The Kier molecular flexibility index (Phi) is 6.93. The van der Waals surface area contributed by atoms with Gasteiger partial charge in [-0.2, -0.15) is 0 Å². The second-order valence-corrected chi connectivity index (χ2v) is 7.09. The Bertz CT molecular complexity index is 521. The molecule has 0 saturated heterocycles. The molecular weight excluding hydrogens is 324 g/mol. The van der Waals surface area contributed by atoms with Gasteiger partial charge in [-0.3, -0.25) is 4.79 Å². The molecule has 2 aliphatic rings. The number of nitrogens with two attached hydrogens (primary N) is 1. The minimum absolute atomic E-state index is 0. The summed E-state index contributed by atoms with van der Waals surface area (Å²) < 4.78 is 5.16. The average molecular weight is 353 g/mol. The van der Waals surface area contributed by atoms with E-state index in [-0.39, 0.29) is 24.2 Å². The van der Waals surface area contributed by atoms with Gasteiger partial charge in [0.05, 0.1) is 7.11 Å². The highest BCUT2D eigenvalue weighted by molar-refractivity contribution is 5.85. The molecule has 134 valence electrons. The van der Waals surface area contributed by atoms with Crippen LogP contribution in [-0.4, -0.2) is 25.6 Å². The van der Waals surface area contributed by atoms with Gasteiger partial charge in [0.1, 0.15) is 5.75 Å². The number of ether oxygens (including phenoxy) is 1. The summed E-state index contributed by atoms with van der Waals surface area (Å²) >= 11 is 0. The first-order valence-corrected chi connectivity index (χ1v) is 8.83. The van der Waals surface area contributed by atoms with Crippen LogP contribution in [0.4, 0.5) is 0 Å². The van der Waals surface area contributed by atoms with Crippen molar-refractivity contribution in [1.82, 2.24) is 5.32 Å². The minimum atomic E-state index is 0. The summed E-state index contributed by atoms with van der Waals surface area (Å²) in [6.45, 7) is 0.697. The van der Waals surface area contributed by atoms with Crippen molar-refractivity contribution in [3.05, 3.63) is 29.8 Å². The molecule has 1 aromatic carbocycles. The van der Waals surface area contributed by atoms with E-state index in [1.54, 1.807) is 7.11 Å². The predicted molar refractivity (Wildman–Crippen MR) is 98.5 cm³/mol. The molecule has 3 rings (SSSR count). The third kappa shape index (κ3) is 4.42. The fraction of sp³-hybridized carbons (Fsp3) is 0.632. The van der Waals surface area contributed by atoms with Crippen molar-refractivity contribution < 1.29 is 9.53 Å². The summed E-state index contributed by atoms with van der Waals surface area (Å²) in [5.41, 5.74) is 7.52. The summed E-state index contributed by atoms with van der Waals surface area (Å²) in [7, 11) is 1.67. The van der Waals surface area contributed by atoms with E-state index in [0.717, 1.165) is 25.0 Å². The molecule has 0 aromatic heterocycles. The van der Waals surface area contributed by atoms with Gasteiger partial charge in [0.15, 0.2) is 0 Å². The van der Waals surface area contributed by atoms with Crippen molar-refractivity contribution in [2.75, 3.05) is 13.7 Å². The van der Waals surface area contributed by atoms with E-state index in [0.29, 0.717) is 24.4 Å². The van der Waals surface area contributed by atoms with Gasteiger partial charge < -0.3 is 15.8 Å². The van der Waals surface area contributed by atoms with Gasteiger partial charge in [-0.25, -0.2) is 0 Å². The van der Waals surface area contributed by atoms with Gasteiger partial charge in [-0.15, -0.1) is 12.4 Å². The molecule has 3 N–H and O–H groups in total. The Labute approximate surface area is 150 Å². The number of rotatable bonds is 5. The van der Waals surface area contributed by atoms with Crippen LogP contribution in [0.5, 0.6) is 5.75 Å². The van der Waals surface area contributed by atoms with Crippen LogP contribution in [0.15, 0.2) is 24.3 Å². The maximum Gasteiger partial charge on any atom is 0.223 e. The molecular formula is C19H29ClN2O2. The summed E-state index contributed by atoms with van der Waals surface area (Å²) in [6, 6.07) is 8.35. The van der Waals surface area contributed by atoms with Gasteiger partial charge >= 0.3 is 0 Å². The number of nitrogens with one attached hydrogen (secondary N) is 1. The third-order valence-corrected chi connectivity index (χ3v) is 5.66. The predicted octanol–water partition coefficient (Wildman–Crippen LogP) is 2.93. The van der Waals surface area contributed by atoms with E-state index in [1.165, 1.54) is 24.8 Å². The van der Waals surface area contributed by atoms with Crippen molar-refractivity contribution in [3.8, 4) is 5.75 Å². The molecule has 5 heteroatoms. The first-order chi connectivity index (χ1) is 11.2. The highest BCUT2D eigenvalue weighted by Crippen LogP contribution is 2.41. The van der Waals surface area contributed by atoms with Crippen LogP contribution in [-0.2, 0) is 11.2 Å². The topological polar surface area (TPSA) is 64.3 Å². The number of carbonyl (C=O) groups is 1. The molecule has 2 unspecified atom stereocenters. The summed E-state index contributed by atoms with van der Waals surface area (Å²) in [4.78, 5) is 12.5. The fourth-order valence-corrected chi connectivity index (χ4v) is 4.27. The maximum atomic E-state index is 12.5. The molecule has 1 aromatic rings. The van der Waals surface area contributed by atoms with E-state index < -0.39 is 0 Å². The lowest BCUT2D eigenvalue weighted by Gasteiger charge is -2.43. The average Bonchev–Trinajstić information content (AvgIpc) is 2.55. The molecule has 1 amide bonds. The number of carbonyl (C=O) groups excluding carboxylic acids is 1. The second-order valence-electron chi connectivity index (χ2n) is 7.09. The van der Waals surface area contributed by atoms with Crippen LogP contribution in [0, 0.1) is 17.8 Å². The van der Waals surface area contributed by atoms with Crippen molar-refractivity contribution in [2.24, 2.45) is 23.5 Å². The van der Waals surface area contributed by atoms with Crippen molar-refractivity contribution in [2.45, 2.75) is 44.6 Å². The van der Waals surface area contributed by atoms with E-state index in [9.17, 15) is 4.79 Å². The molecule has 2 atom stereocenters. The van der Waals surface area contributed by atoms with Crippen molar-refractivity contribution in [1.29, 1.82) is 0 Å². The molecule has 24 heavy (non-hydrogen) atoms. The van der Waals surface area contributed by atoms with Crippen LogP contribution < -0.4 is 15.8 Å². The minimum Gasteiger partial charge on any atom is -0.497 e. The lowest BCUT2D eigenvalue weighted by Crippen LogP contribution is -2.49. The zero-order chi connectivity index (χ0) is 16.2. The highest BCUT2D eigenvalue weighted by Gasteiger charge is 2.40. The van der Waals surface area contributed by atoms with Crippen LogP contribution in [0.2, 0.25) is 0 Å². The molecule has 0 radical (unpaired) electrons. The first kappa shape index (κ1) is 19.1. The monoisotopic (exact) mass is 352 g/mol. The fourth-order valence-electron chi connectivity index (χ4n) is 4.27. The van der Waals surface area contributed by atoms with E-state index in [4.69, 9.17) is 10.5 Å². The van der Waals surface area contributed by atoms with Gasteiger partial charge in [0.2, 0.25) is 5.91 Å². The largest absolute Gasteiger partial charge is 0.497 e. The second kappa shape index (κ2) is 8.72.